The fourth-order valence-electron chi connectivity index (χ4n) is 2.10. The van der Waals surface area contributed by atoms with Crippen molar-refractivity contribution in [3.63, 3.8) is 0 Å². The van der Waals surface area contributed by atoms with E-state index in [2.05, 4.69) is 37.8 Å². The summed E-state index contributed by atoms with van der Waals surface area (Å²) in [6.07, 6.45) is 2.07. The number of hydrogen-bond donors (Lipinski definition) is 0. The van der Waals surface area contributed by atoms with Crippen LogP contribution in [0, 0.1) is 6.92 Å². The number of nitrogens with zero attached hydrogens (tertiary/aromatic N) is 1. The predicted molar refractivity (Wildman–Crippen MR) is 74.9 cm³/mol. The molecule has 0 spiro atoms. The molecule has 0 fully saturated rings. The van der Waals surface area contributed by atoms with Crippen LogP contribution in [0.25, 0.3) is 16.5 Å². The first-order valence-electron chi connectivity index (χ1n) is 5.82. The van der Waals surface area contributed by atoms with E-state index in [1.807, 2.05) is 26.0 Å². The molecule has 0 saturated heterocycles. The number of rotatable bonds is 2. The number of allylic oxidation sites excluding steroid dienone is 3. The quantitative estimate of drug-likeness (QED) is 0.682. The largest absolute Gasteiger partial charge is 0.248 e. The van der Waals surface area contributed by atoms with Crippen LogP contribution in [0.15, 0.2) is 48.6 Å². The van der Waals surface area contributed by atoms with Gasteiger partial charge in [-0.05, 0) is 49.6 Å². The van der Waals surface area contributed by atoms with Crippen LogP contribution in [0.4, 0.5) is 0 Å². The molecule has 2 aromatic rings. The number of benzene rings is 1. The molecule has 0 radical (unpaired) electrons. The van der Waals surface area contributed by atoms with Gasteiger partial charge in [-0.25, -0.2) is 4.98 Å². The molecule has 2 rings (SSSR count). The lowest BCUT2D eigenvalue weighted by Crippen LogP contribution is -1.93. The smallest absolute Gasteiger partial charge is 0.0712 e. The van der Waals surface area contributed by atoms with E-state index in [4.69, 9.17) is 4.98 Å². The maximum Gasteiger partial charge on any atom is 0.0712 e. The summed E-state index contributed by atoms with van der Waals surface area (Å²) < 4.78 is 0. The zero-order valence-corrected chi connectivity index (χ0v) is 10.6. The van der Waals surface area contributed by atoms with Gasteiger partial charge in [-0.15, -0.1) is 0 Å². The van der Waals surface area contributed by atoms with Crippen LogP contribution in [-0.2, 0) is 0 Å². The Labute approximate surface area is 103 Å². The van der Waals surface area contributed by atoms with Gasteiger partial charge in [0.05, 0.1) is 11.2 Å². The highest BCUT2D eigenvalue weighted by Crippen LogP contribution is 2.24. The molecule has 0 unspecified atom stereocenters. The molecule has 0 N–H and O–H groups in total. The van der Waals surface area contributed by atoms with Crippen molar-refractivity contribution < 1.29 is 0 Å². The fourth-order valence-corrected chi connectivity index (χ4v) is 2.10. The molecule has 1 heterocycles. The topological polar surface area (TPSA) is 12.9 Å². The molecule has 86 valence electrons. The van der Waals surface area contributed by atoms with Crippen LogP contribution in [0.1, 0.15) is 25.1 Å². The Morgan fingerprint density at radius 2 is 2.00 bits per heavy atom. The molecule has 0 atom stereocenters. The van der Waals surface area contributed by atoms with Crippen molar-refractivity contribution in [2.45, 2.75) is 20.8 Å². The highest BCUT2D eigenvalue weighted by atomic mass is 14.7. The molecule has 0 aliphatic rings. The lowest BCUT2D eigenvalue weighted by Gasteiger charge is -2.09. The second-order valence-electron chi connectivity index (χ2n) is 4.32. The molecule has 1 aromatic heterocycles. The SMILES string of the molecule is C=C(C)/C(=C\C)c1cc(C)c2ccccc2n1. The Morgan fingerprint density at radius 3 is 2.65 bits per heavy atom. The van der Waals surface area contributed by atoms with Crippen molar-refractivity contribution >= 4 is 16.5 Å². The van der Waals surface area contributed by atoms with E-state index in [9.17, 15) is 0 Å². The zero-order valence-electron chi connectivity index (χ0n) is 10.6. The monoisotopic (exact) mass is 223 g/mol. The molecule has 0 aliphatic heterocycles. The van der Waals surface area contributed by atoms with Crippen LogP contribution in [0.5, 0.6) is 0 Å². The third kappa shape index (κ3) is 2.14. The second-order valence-corrected chi connectivity index (χ2v) is 4.32. The molecule has 0 aliphatic carbocycles. The van der Waals surface area contributed by atoms with Crippen molar-refractivity contribution in [3.05, 3.63) is 59.8 Å². The van der Waals surface area contributed by atoms with Crippen molar-refractivity contribution in [1.29, 1.82) is 0 Å². The third-order valence-electron chi connectivity index (χ3n) is 2.95. The maximum absolute atomic E-state index is 4.70. The normalized spacial score (nSPS) is 11.8. The summed E-state index contributed by atoms with van der Waals surface area (Å²) >= 11 is 0. The van der Waals surface area contributed by atoms with Crippen LogP contribution in [0.2, 0.25) is 0 Å². The third-order valence-corrected chi connectivity index (χ3v) is 2.95. The molecule has 1 aromatic carbocycles. The summed E-state index contributed by atoms with van der Waals surface area (Å²) in [5.41, 5.74) is 5.49. The van der Waals surface area contributed by atoms with Gasteiger partial charge in [0.15, 0.2) is 0 Å². The first-order valence-corrected chi connectivity index (χ1v) is 5.82. The van der Waals surface area contributed by atoms with E-state index in [1.54, 1.807) is 0 Å². The minimum atomic E-state index is 1.01. The van der Waals surface area contributed by atoms with E-state index in [1.165, 1.54) is 10.9 Å². The van der Waals surface area contributed by atoms with Gasteiger partial charge in [-0.2, -0.15) is 0 Å². The van der Waals surface area contributed by atoms with Crippen molar-refractivity contribution in [2.24, 2.45) is 0 Å². The first-order chi connectivity index (χ1) is 8.13. The van der Waals surface area contributed by atoms with E-state index in [-0.39, 0.29) is 0 Å². The van der Waals surface area contributed by atoms with Gasteiger partial charge in [0.1, 0.15) is 0 Å². The van der Waals surface area contributed by atoms with E-state index < -0.39 is 0 Å². The van der Waals surface area contributed by atoms with Crippen molar-refractivity contribution in [3.8, 4) is 0 Å². The summed E-state index contributed by atoms with van der Waals surface area (Å²) in [6, 6.07) is 10.4. The number of hydrogen-bond acceptors (Lipinski definition) is 1. The summed E-state index contributed by atoms with van der Waals surface area (Å²) in [5, 5.41) is 1.22. The Morgan fingerprint density at radius 1 is 1.29 bits per heavy atom. The van der Waals surface area contributed by atoms with Gasteiger partial charge in [-0.1, -0.05) is 30.9 Å². The van der Waals surface area contributed by atoms with Gasteiger partial charge in [0.2, 0.25) is 0 Å². The molecule has 1 nitrogen and oxygen atoms in total. The molecule has 0 bridgehead atoms. The number of aromatic nitrogens is 1. The standard InChI is InChI=1S/C16H17N/c1-5-13(11(2)3)16-10-12(4)14-8-6-7-9-15(14)17-16/h5-10H,2H2,1,3-4H3/b13-5+. The number of para-hydroxylation sites is 1. The Kier molecular flexibility index (Phi) is 3.10. The summed E-state index contributed by atoms with van der Waals surface area (Å²) in [5.74, 6) is 0. The zero-order chi connectivity index (χ0) is 12.4. The summed E-state index contributed by atoms with van der Waals surface area (Å²) in [7, 11) is 0. The molecular formula is C16H17N. The highest BCUT2D eigenvalue weighted by Gasteiger charge is 2.06. The van der Waals surface area contributed by atoms with Gasteiger partial charge in [0.25, 0.3) is 0 Å². The number of aryl methyl sites for hydroxylation is 1. The molecule has 0 saturated carbocycles. The second kappa shape index (κ2) is 4.54. The molecule has 0 amide bonds. The number of fused-ring (bicyclic) bond motifs is 1. The summed E-state index contributed by atoms with van der Waals surface area (Å²) in [6.45, 7) is 10.2. The molecular weight excluding hydrogens is 206 g/mol. The van der Waals surface area contributed by atoms with Crippen molar-refractivity contribution in [2.75, 3.05) is 0 Å². The van der Waals surface area contributed by atoms with Gasteiger partial charge in [-0.3, -0.25) is 0 Å². The predicted octanol–water partition coefficient (Wildman–Crippen LogP) is 4.52. The average Bonchev–Trinajstić information content (AvgIpc) is 2.29. The first kappa shape index (κ1) is 11.6. The lowest BCUT2D eigenvalue weighted by molar-refractivity contribution is 1.30. The average molecular weight is 223 g/mol. The molecule has 17 heavy (non-hydrogen) atoms. The van der Waals surface area contributed by atoms with Crippen LogP contribution in [0.3, 0.4) is 0 Å². The maximum atomic E-state index is 4.70. The van der Waals surface area contributed by atoms with E-state index >= 15 is 0 Å². The van der Waals surface area contributed by atoms with Crippen LogP contribution in [-0.4, -0.2) is 4.98 Å². The van der Waals surface area contributed by atoms with Gasteiger partial charge in [0, 0.05) is 5.39 Å². The fraction of sp³-hybridized carbons (Fsp3) is 0.188. The highest BCUT2D eigenvalue weighted by molar-refractivity contribution is 5.86. The Hall–Kier alpha value is -1.89. The van der Waals surface area contributed by atoms with E-state index in [0.29, 0.717) is 0 Å². The van der Waals surface area contributed by atoms with Gasteiger partial charge < -0.3 is 0 Å². The van der Waals surface area contributed by atoms with Crippen LogP contribution < -0.4 is 0 Å². The number of pyridine rings is 1. The van der Waals surface area contributed by atoms with Gasteiger partial charge >= 0.3 is 0 Å². The summed E-state index contributed by atoms with van der Waals surface area (Å²) in [4.78, 5) is 4.70. The minimum absolute atomic E-state index is 1.01. The Bertz CT molecular complexity index is 606. The molecule has 1 heteroatoms. The van der Waals surface area contributed by atoms with Crippen molar-refractivity contribution in [1.82, 2.24) is 4.98 Å². The lowest BCUT2D eigenvalue weighted by atomic mass is 10.0. The Balaban J connectivity index is 2.69. The van der Waals surface area contributed by atoms with E-state index in [0.717, 1.165) is 22.4 Å². The minimum Gasteiger partial charge on any atom is -0.248 e. The van der Waals surface area contributed by atoms with Crippen LogP contribution >= 0.6 is 0 Å².